The van der Waals surface area contributed by atoms with Crippen molar-refractivity contribution < 1.29 is 0 Å². The quantitative estimate of drug-likeness (QED) is 0.253. The van der Waals surface area contributed by atoms with Gasteiger partial charge in [0.1, 0.15) is 0 Å². The highest BCUT2D eigenvalue weighted by atomic mass is 14.7. The summed E-state index contributed by atoms with van der Waals surface area (Å²) in [6.45, 7) is 7.59. The van der Waals surface area contributed by atoms with Gasteiger partial charge in [0.25, 0.3) is 0 Å². The molecule has 9 saturated carbocycles. The van der Waals surface area contributed by atoms with Crippen LogP contribution in [0.5, 0.6) is 0 Å². The van der Waals surface area contributed by atoms with E-state index in [2.05, 4.69) is 99.7 Å². The second kappa shape index (κ2) is 10.7. The molecule has 54 heavy (non-hydrogen) atoms. The van der Waals surface area contributed by atoms with Gasteiger partial charge in [-0.15, -0.1) is 0 Å². The van der Waals surface area contributed by atoms with Crippen molar-refractivity contribution in [2.24, 2.45) is 58.7 Å². The van der Waals surface area contributed by atoms with Crippen molar-refractivity contribution in [2.75, 3.05) is 0 Å². The largest absolute Gasteiger partial charge is 0.0801 e. The molecule has 15 rings (SSSR count). The molecule has 0 spiro atoms. The molecule has 9 fully saturated rings. The third-order valence-electron chi connectivity index (χ3n) is 19.3. The Balaban J connectivity index is 1.04. The molecule has 0 amide bonds. The average Bonchev–Trinajstić information content (AvgIpc) is 3.92. The Bertz CT molecular complexity index is 1970. The van der Waals surface area contributed by atoms with Crippen LogP contribution in [0.1, 0.15) is 151 Å². The lowest BCUT2D eigenvalue weighted by molar-refractivity contribution is -0.00534. The van der Waals surface area contributed by atoms with Crippen molar-refractivity contribution in [1.82, 2.24) is 0 Å². The molecule has 0 aliphatic heterocycles. The third-order valence-corrected chi connectivity index (χ3v) is 19.3. The van der Waals surface area contributed by atoms with Crippen LogP contribution in [-0.2, 0) is 16.2 Å². The van der Waals surface area contributed by atoms with Crippen LogP contribution in [0.2, 0.25) is 0 Å². The summed E-state index contributed by atoms with van der Waals surface area (Å²) < 4.78 is 0. The van der Waals surface area contributed by atoms with Gasteiger partial charge in [-0.1, -0.05) is 105 Å². The maximum atomic E-state index is 2.85. The van der Waals surface area contributed by atoms with Gasteiger partial charge in [-0.25, -0.2) is 0 Å². The van der Waals surface area contributed by atoms with Crippen LogP contribution in [0.15, 0.2) is 90.0 Å². The van der Waals surface area contributed by atoms with Crippen molar-refractivity contribution >= 4 is 0 Å². The molecule has 278 valence electrons. The summed E-state index contributed by atoms with van der Waals surface area (Å²) in [6, 6.07) is 28.7. The summed E-state index contributed by atoms with van der Waals surface area (Å²) in [5, 5.41) is 0. The molecule has 0 heterocycles. The van der Waals surface area contributed by atoms with Gasteiger partial charge in [0.15, 0.2) is 0 Å². The fourth-order valence-corrected chi connectivity index (χ4v) is 18.1. The van der Waals surface area contributed by atoms with E-state index in [0.717, 1.165) is 41.4 Å². The highest BCUT2D eigenvalue weighted by Gasteiger charge is 2.64. The molecular weight excluding hydrogens is 649 g/mol. The Labute approximate surface area is 325 Å². The van der Waals surface area contributed by atoms with Gasteiger partial charge in [-0.05, 0) is 210 Å². The Morgan fingerprint density at radius 1 is 0.537 bits per heavy atom. The van der Waals surface area contributed by atoms with Crippen LogP contribution in [0.4, 0.5) is 0 Å². The van der Waals surface area contributed by atoms with E-state index < -0.39 is 0 Å². The van der Waals surface area contributed by atoms with Crippen LogP contribution in [0.25, 0.3) is 11.1 Å². The molecule has 3 aromatic carbocycles. The number of hydrogen-bond acceptors (Lipinski definition) is 0. The van der Waals surface area contributed by atoms with E-state index in [0.29, 0.717) is 34.0 Å². The van der Waals surface area contributed by atoms with E-state index in [1.165, 1.54) is 96.3 Å². The number of fused-ring (bicyclic) bond motifs is 5. The van der Waals surface area contributed by atoms with E-state index in [1.54, 1.807) is 50.1 Å². The Hall–Kier alpha value is -2.86. The van der Waals surface area contributed by atoms with E-state index in [9.17, 15) is 0 Å². The summed E-state index contributed by atoms with van der Waals surface area (Å²) in [6.07, 6.45) is 26.9. The summed E-state index contributed by atoms with van der Waals surface area (Å²) >= 11 is 0. The monoisotopic (exact) mass is 710 g/mol. The third kappa shape index (κ3) is 4.18. The van der Waals surface area contributed by atoms with Crippen molar-refractivity contribution in [2.45, 2.75) is 139 Å². The van der Waals surface area contributed by atoms with Gasteiger partial charge in [0, 0.05) is 11.3 Å². The summed E-state index contributed by atoms with van der Waals surface area (Å²) in [5.41, 5.74) is 16.3. The van der Waals surface area contributed by atoms with Gasteiger partial charge >= 0.3 is 0 Å². The summed E-state index contributed by atoms with van der Waals surface area (Å²) in [4.78, 5) is 0. The lowest BCUT2D eigenvalue weighted by Crippen LogP contribution is -2.48. The van der Waals surface area contributed by atoms with Crippen LogP contribution in [0, 0.1) is 58.7 Å². The van der Waals surface area contributed by atoms with E-state index in [1.807, 2.05) is 0 Å². The van der Waals surface area contributed by atoms with Crippen molar-refractivity contribution in [3.05, 3.63) is 118 Å². The number of allylic oxidation sites excluding steroid dienone is 4. The first-order chi connectivity index (χ1) is 26.2. The maximum absolute atomic E-state index is 2.85. The number of hydrogen-bond donors (Lipinski definition) is 0. The first-order valence-corrected chi connectivity index (χ1v) is 22.9. The van der Waals surface area contributed by atoms with Crippen molar-refractivity contribution in [3.8, 4) is 11.1 Å². The molecule has 0 heteroatoms. The minimum atomic E-state index is -0.0291. The van der Waals surface area contributed by atoms with Gasteiger partial charge < -0.3 is 0 Å². The fraction of sp³-hybridized carbons (Fsp3) is 0.593. The fourth-order valence-electron chi connectivity index (χ4n) is 18.1. The predicted molar refractivity (Wildman–Crippen MR) is 221 cm³/mol. The highest BCUT2D eigenvalue weighted by Crippen LogP contribution is 2.72. The normalized spacial score (nSPS) is 44.3. The predicted octanol–water partition coefficient (Wildman–Crippen LogP) is 13.6. The van der Waals surface area contributed by atoms with Gasteiger partial charge in [-0.2, -0.15) is 0 Å². The maximum Gasteiger partial charge on any atom is 0.0345 e. The Morgan fingerprint density at radius 3 is 1.52 bits per heavy atom. The first-order valence-electron chi connectivity index (χ1n) is 22.9. The minimum absolute atomic E-state index is 0.0291. The second-order valence-corrected chi connectivity index (χ2v) is 23.0. The standard InChI is InChI=1S/C54H62/c1-51(2,3)41-24-47-42-10-7-11-48(42)54(49(47)25-41,38-8-5-4-6-9-38)50-43-14-12-39(52-26-32-16-33(27-52)18-34(17-32)28-52)22-45(43)46-23-40(13-15-44(46)50)53-29-35-19-36(30-53)21-37(20-35)31-53/h4-9,11-15,22-23,32-37,41,47,49-50H,10,16-21,24-31H2,1-3H3. The van der Waals surface area contributed by atoms with Crippen molar-refractivity contribution in [1.29, 1.82) is 0 Å². The van der Waals surface area contributed by atoms with Crippen LogP contribution < -0.4 is 0 Å². The van der Waals surface area contributed by atoms with E-state index in [-0.39, 0.29) is 5.41 Å². The Kier molecular flexibility index (Phi) is 6.42. The van der Waals surface area contributed by atoms with E-state index in [4.69, 9.17) is 0 Å². The van der Waals surface area contributed by atoms with E-state index >= 15 is 0 Å². The van der Waals surface area contributed by atoms with Gasteiger partial charge in [0.05, 0.1) is 0 Å². The second-order valence-electron chi connectivity index (χ2n) is 23.0. The van der Waals surface area contributed by atoms with Crippen molar-refractivity contribution in [3.63, 3.8) is 0 Å². The van der Waals surface area contributed by atoms with Crippen LogP contribution in [0.3, 0.4) is 0 Å². The topological polar surface area (TPSA) is 0 Å². The summed E-state index contributed by atoms with van der Waals surface area (Å²) in [7, 11) is 0. The molecule has 3 aromatic rings. The number of benzene rings is 3. The zero-order valence-electron chi connectivity index (χ0n) is 33.4. The molecule has 4 unspecified atom stereocenters. The molecule has 0 nitrogen and oxygen atoms in total. The minimum Gasteiger partial charge on any atom is -0.0801 e. The molecule has 4 atom stereocenters. The smallest absolute Gasteiger partial charge is 0.0345 e. The van der Waals surface area contributed by atoms with Gasteiger partial charge in [-0.3, -0.25) is 0 Å². The van der Waals surface area contributed by atoms with Gasteiger partial charge in [0.2, 0.25) is 0 Å². The molecular formula is C54H62. The molecule has 0 N–H and O–H groups in total. The Morgan fingerprint density at radius 2 is 1.04 bits per heavy atom. The lowest BCUT2D eigenvalue weighted by Gasteiger charge is -2.57. The lowest BCUT2D eigenvalue weighted by atomic mass is 9.48. The van der Waals surface area contributed by atoms with Crippen LogP contribution in [-0.4, -0.2) is 0 Å². The SMILES string of the molecule is CC(C)(C)C1CC2C3=C(C=CC3)C(c3ccccc3)(C3c4ccc(C56CC7CC(CC(C7)C5)C6)cc4-c4cc(C56CC7CC(CC(C7)C5)C6)ccc43)C2C1. The number of rotatable bonds is 4. The van der Waals surface area contributed by atoms with Crippen LogP contribution >= 0.6 is 0 Å². The highest BCUT2D eigenvalue weighted by molar-refractivity contribution is 5.83. The average molecular weight is 711 g/mol. The molecule has 0 saturated heterocycles. The first kappa shape index (κ1) is 32.2. The molecule has 0 aromatic heterocycles. The summed E-state index contributed by atoms with van der Waals surface area (Å²) in [5.74, 6) is 8.32. The zero-order chi connectivity index (χ0) is 35.8. The zero-order valence-corrected chi connectivity index (χ0v) is 33.4. The molecule has 0 radical (unpaired) electrons. The molecule has 8 bridgehead atoms. The molecule has 12 aliphatic carbocycles. The molecule has 12 aliphatic rings.